The number of aromatic nitrogens is 3. The number of aryl methyl sites for hydroxylation is 1. The number of imidazole rings is 1. The highest BCUT2D eigenvalue weighted by Gasteiger charge is 2.24. The molecule has 7 aromatic carbocycles. The van der Waals surface area contributed by atoms with Gasteiger partial charge in [-0.15, -0.1) is 0 Å². The molecule has 10 aromatic rings. The van der Waals surface area contributed by atoms with Crippen LogP contribution in [0.2, 0.25) is 0 Å². The molecule has 0 saturated heterocycles. The minimum Gasteiger partial charge on any atom is -0.437 e. The minimum atomic E-state index is -2.30. The fourth-order valence-electron chi connectivity index (χ4n) is 7.49. The zero-order chi connectivity index (χ0) is 37.8. The maximum atomic E-state index is 8.20. The molecule has 0 aliphatic heterocycles. The summed E-state index contributed by atoms with van der Waals surface area (Å²) in [5.74, 6) is 0.729. The standard InChI is InChI=1S/C49H33N3O/c1-32-15-11-12-22-37(32)42-29-28-39-46-38(34-18-7-3-8-19-34)26-27-40(47(46)53-49(39)51-42)48-50-43-23-13-14-24-45(43)52(48)44-30-25-36(33-16-5-2-6-17-33)31-41(44)35-20-9-4-10-21-35/h2-31H,1H3/i1D3. The van der Waals surface area contributed by atoms with Crippen LogP contribution in [0.5, 0.6) is 0 Å². The average Bonchev–Trinajstić information content (AvgIpc) is 3.83. The van der Waals surface area contributed by atoms with E-state index in [4.69, 9.17) is 18.5 Å². The van der Waals surface area contributed by atoms with Crippen molar-refractivity contribution in [1.29, 1.82) is 0 Å². The Morgan fingerprint density at radius 2 is 1.17 bits per heavy atom. The van der Waals surface area contributed by atoms with Crippen molar-refractivity contribution in [3.63, 3.8) is 0 Å². The Morgan fingerprint density at radius 3 is 1.94 bits per heavy atom. The summed E-state index contributed by atoms with van der Waals surface area (Å²) in [6, 6.07) is 61.1. The van der Waals surface area contributed by atoms with Crippen LogP contribution in [0.15, 0.2) is 186 Å². The number of pyridine rings is 1. The van der Waals surface area contributed by atoms with Gasteiger partial charge in [0.25, 0.3) is 0 Å². The lowest BCUT2D eigenvalue weighted by Gasteiger charge is -2.17. The van der Waals surface area contributed by atoms with Gasteiger partial charge >= 0.3 is 0 Å². The molecule has 0 unspecified atom stereocenters. The van der Waals surface area contributed by atoms with Crippen molar-refractivity contribution >= 4 is 33.1 Å². The highest BCUT2D eigenvalue weighted by atomic mass is 16.3. The van der Waals surface area contributed by atoms with Crippen molar-refractivity contribution in [3.05, 3.63) is 188 Å². The summed E-state index contributed by atoms with van der Waals surface area (Å²) < 4.78 is 33.7. The van der Waals surface area contributed by atoms with Gasteiger partial charge in [0.15, 0.2) is 0 Å². The van der Waals surface area contributed by atoms with Gasteiger partial charge in [-0.25, -0.2) is 9.97 Å². The molecule has 0 amide bonds. The molecule has 10 rings (SSSR count). The second-order valence-corrected chi connectivity index (χ2v) is 13.2. The van der Waals surface area contributed by atoms with Crippen LogP contribution in [0, 0.1) is 6.85 Å². The topological polar surface area (TPSA) is 43.9 Å². The summed E-state index contributed by atoms with van der Waals surface area (Å²) in [6.45, 7) is -2.30. The van der Waals surface area contributed by atoms with Gasteiger partial charge in [-0.2, -0.15) is 0 Å². The lowest BCUT2D eigenvalue weighted by Crippen LogP contribution is -2.01. The Bertz CT molecular complexity index is 3060. The maximum absolute atomic E-state index is 8.20. The third-order valence-electron chi connectivity index (χ3n) is 10.0. The van der Waals surface area contributed by atoms with E-state index >= 15 is 0 Å². The van der Waals surface area contributed by atoms with Gasteiger partial charge in [0.1, 0.15) is 11.4 Å². The largest absolute Gasteiger partial charge is 0.437 e. The number of para-hydroxylation sites is 2. The van der Waals surface area contributed by atoms with E-state index in [1.807, 2.05) is 66.7 Å². The summed E-state index contributed by atoms with van der Waals surface area (Å²) in [6.07, 6.45) is 0. The lowest BCUT2D eigenvalue weighted by molar-refractivity contribution is 0.655. The third-order valence-corrected chi connectivity index (χ3v) is 10.0. The van der Waals surface area contributed by atoms with Crippen molar-refractivity contribution in [1.82, 2.24) is 14.5 Å². The van der Waals surface area contributed by atoms with E-state index in [1.54, 1.807) is 18.2 Å². The molecule has 3 aromatic heterocycles. The Balaban J connectivity index is 1.26. The van der Waals surface area contributed by atoms with Crippen molar-refractivity contribution in [3.8, 4) is 61.7 Å². The molecule has 0 aliphatic rings. The molecular weight excluding hydrogens is 647 g/mol. The van der Waals surface area contributed by atoms with Crippen molar-refractivity contribution in [2.75, 3.05) is 0 Å². The van der Waals surface area contributed by atoms with Crippen LogP contribution in [-0.4, -0.2) is 14.5 Å². The normalized spacial score (nSPS) is 12.6. The van der Waals surface area contributed by atoms with Crippen LogP contribution in [-0.2, 0) is 0 Å². The van der Waals surface area contributed by atoms with E-state index in [9.17, 15) is 0 Å². The molecule has 0 N–H and O–H groups in total. The number of furan rings is 1. The maximum Gasteiger partial charge on any atom is 0.227 e. The van der Waals surface area contributed by atoms with Gasteiger partial charge in [0.05, 0.1) is 28.0 Å². The van der Waals surface area contributed by atoms with Crippen molar-refractivity contribution in [2.24, 2.45) is 0 Å². The predicted octanol–water partition coefficient (Wildman–Crippen LogP) is 13.0. The van der Waals surface area contributed by atoms with Gasteiger partial charge in [-0.05, 0) is 82.7 Å². The Kier molecular flexibility index (Phi) is 6.59. The van der Waals surface area contributed by atoms with Crippen LogP contribution < -0.4 is 0 Å². The Morgan fingerprint density at radius 1 is 0.509 bits per heavy atom. The van der Waals surface area contributed by atoms with Gasteiger partial charge < -0.3 is 4.42 Å². The Labute approximate surface area is 311 Å². The zero-order valence-electron chi connectivity index (χ0n) is 31.6. The van der Waals surface area contributed by atoms with Gasteiger partial charge in [-0.3, -0.25) is 4.57 Å². The van der Waals surface area contributed by atoms with E-state index in [-0.39, 0.29) is 5.56 Å². The molecule has 0 saturated carbocycles. The van der Waals surface area contributed by atoms with Crippen LogP contribution in [0.1, 0.15) is 9.68 Å². The molecule has 0 spiro atoms. The first-order chi connectivity index (χ1) is 27.4. The molecule has 53 heavy (non-hydrogen) atoms. The molecule has 0 radical (unpaired) electrons. The summed E-state index contributed by atoms with van der Waals surface area (Å²) >= 11 is 0. The summed E-state index contributed by atoms with van der Waals surface area (Å²) in [4.78, 5) is 10.3. The highest BCUT2D eigenvalue weighted by molar-refractivity contribution is 6.16. The SMILES string of the molecule is [2H]C([2H])([2H])c1ccccc1-c1ccc2c(n1)oc1c(-c3nc4ccccc4n3-c3ccc(-c4ccccc4)cc3-c3ccccc3)ccc(-c3ccccc3)c12. The van der Waals surface area contributed by atoms with E-state index in [0.717, 1.165) is 72.3 Å². The quantitative estimate of drug-likeness (QED) is 0.175. The van der Waals surface area contributed by atoms with E-state index < -0.39 is 6.85 Å². The van der Waals surface area contributed by atoms with E-state index in [1.165, 1.54) is 0 Å². The molecule has 3 heterocycles. The fraction of sp³-hybridized carbons (Fsp3) is 0.0204. The predicted molar refractivity (Wildman–Crippen MR) is 218 cm³/mol. The third kappa shape index (κ3) is 5.23. The lowest BCUT2D eigenvalue weighted by atomic mass is 9.96. The number of hydrogen-bond acceptors (Lipinski definition) is 3. The molecule has 250 valence electrons. The first kappa shape index (κ1) is 27.7. The number of rotatable bonds is 6. The molecule has 4 heteroatoms. The highest BCUT2D eigenvalue weighted by Crippen LogP contribution is 2.44. The molecular formula is C49H33N3O. The molecule has 0 atom stereocenters. The van der Waals surface area contributed by atoms with Gasteiger partial charge in [0, 0.05) is 26.0 Å². The van der Waals surface area contributed by atoms with Crippen molar-refractivity contribution < 1.29 is 8.53 Å². The second kappa shape index (κ2) is 12.6. The molecule has 0 fully saturated rings. The summed E-state index contributed by atoms with van der Waals surface area (Å²) in [5.41, 5.74) is 12.5. The Hall–Kier alpha value is -7.04. The smallest absolute Gasteiger partial charge is 0.227 e. The van der Waals surface area contributed by atoms with Gasteiger partial charge in [-0.1, -0.05) is 140 Å². The summed E-state index contributed by atoms with van der Waals surface area (Å²) in [7, 11) is 0. The number of benzene rings is 7. The molecule has 4 nitrogen and oxygen atoms in total. The molecule has 0 bridgehead atoms. The van der Waals surface area contributed by atoms with Crippen LogP contribution >= 0.6 is 0 Å². The minimum absolute atomic E-state index is 0.245. The van der Waals surface area contributed by atoms with Crippen molar-refractivity contribution in [2.45, 2.75) is 6.85 Å². The van der Waals surface area contributed by atoms with Gasteiger partial charge in [0.2, 0.25) is 5.71 Å². The first-order valence-electron chi connectivity index (χ1n) is 19.2. The van der Waals surface area contributed by atoms with Crippen LogP contribution in [0.3, 0.4) is 0 Å². The molecule has 0 aliphatic carbocycles. The monoisotopic (exact) mass is 682 g/mol. The zero-order valence-corrected chi connectivity index (χ0v) is 28.6. The first-order valence-corrected chi connectivity index (χ1v) is 17.7. The second-order valence-electron chi connectivity index (χ2n) is 13.2. The van der Waals surface area contributed by atoms with E-state index in [2.05, 4.69) is 102 Å². The van der Waals surface area contributed by atoms with Crippen LogP contribution in [0.25, 0.3) is 94.8 Å². The fourth-order valence-corrected chi connectivity index (χ4v) is 7.49. The average molecular weight is 683 g/mol. The van der Waals surface area contributed by atoms with Crippen LogP contribution in [0.4, 0.5) is 0 Å². The number of hydrogen-bond donors (Lipinski definition) is 0. The number of nitrogens with zero attached hydrogens (tertiary/aromatic N) is 3. The van der Waals surface area contributed by atoms with E-state index in [0.29, 0.717) is 22.6 Å². The number of fused-ring (bicyclic) bond motifs is 4. The summed E-state index contributed by atoms with van der Waals surface area (Å²) in [5, 5.41) is 1.74.